The molecule has 1 aliphatic rings. The van der Waals surface area contributed by atoms with Crippen LogP contribution in [0.25, 0.3) is 5.95 Å². The van der Waals surface area contributed by atoms with Gasteiger partial charge in [0.2, 0.25) is 0 Å². The third-order valence-electron chi connectivity index (χ3n) is 4.15. The van der Waals surface area contributed by atoms with Gasteiger partial charge in [-0.2, -0.15) is 5.10 Å². The van der Waals surface area contributed by atoms with E-state index >= 15 is 0 Å². The minimum atomic E-state index is 0.153. The molecule has 23 heavy (non-hydrogen) atoms. The van der Waals surface area contributed by atoms with E-state index in [0.717, 1.165) is 23.5 Å². The highest BCUT2D eigenvalue weighted by Crippen LogP contribution is 2.35. The summed E-state index contributed by atoms with van der Waals surface area (Å²) in [7, 11) is 0. The first-order chi connectivity index (χ1) is 11.1. The molecule has 0 fully saturated rings. The molecule has 5 nitrogen and oxygen atoms in total. The Morgan fingerprint density at radius 1 is 1.22 bits per heavy atom. The Hall–Kier alpha value is -2.34. The van der Waals surface area contributed by atoms with Crippen molar-refractivity contribution in [3.63, 3.8) is 0 Å². The third kappa shape index (κ3) is 2.49. The summed E-state index contributed by atoms with van der Waals surface area (Å²) in [6.45, 7) is 3.88. The Bertz CT molecular complexity index is 862. The highest BCUT2D eigenvalue weighted by atomic mass is 32.1. The summed E-state index contributed by atoms with van der Waals surface area (Å²) < 4.78 is 1.73. The fraction of sp³-hybridized carbons (Fsp3) is 0.294. The Morgan fingerprint density at radius 2 is 2.00 bits per heavy atom. The van der Waals surface area contributed by atoms with E-state index in [1.165, 1.54) is 4.88 Å². The molecule has 0 aliphatic heterocycles. The van der Waals surface area contributed by atoms with Crippen LogP contribution in [0, 0.1) is 13.8 Å². The number of aromatic nitrogens is 4. The van der Waals surface area contributed by atoms with Crippen LogP contribution in [0.4, 0.5) is 0 Å². The van der Waals surface area contributed by atoms with Crippen LogP contribution in [-0.4, -0.2) is 25.5 Å². The van der Waals surface area contributed by atoms with Gasteiger partial charge in [-0.3, -0.25) is 4.79 Å². The molecule has 0 spiro atoms. The summed E-state index contributed by atoms with van der Waals surface area (Å²) in [4.78, 5) is 22.7. The van der Waals surface area contributed by atoms with Crippen molar-refractivity contribution >= 4 is 17.1 Å². The van der Waals surface area contributed by atoms with E-state index in [1.807, 2.05) is 26.0 Å². The molecule has 1 atom stereocenters. The van der Waals surface area contributed by atoms with E-state index in [2.05, 4.69) is 26.5 Å². The van der Waals surface area contributed by atoms with Crippen LogP contribution in [0.5, 0.6) is 0 Å². The number of nitrogens with zero attached hydrogens (tertiary/aromatic N) is 4. The van der Waals surface area contributed by atoms with E-state index in [0.29, 0.717) is 17.9 Å². The second-order valence-corrected chi connectivity index (χ2v) is 6.89. The predicted molar refractivity (Wildman–Crippen MR) is 88.3 cm³/mol. The lowest BCUT2D eigenvalue weighted by atomic mass is 9.86. The maximum atomic E-state index is 12.5. The van der Waals surface area contributed by atoms with Gasteiger partial charge in [0.15, 0.2) is 5.78 Å². The number of Topliss-reactive ketones (excluding diaryl/α,β-unsaturated/α-hetero) is 1. The molecule has 3 aromatic rings. The van der Waals surface area contributed by atoms with Crippen LogP contribution in [-0.2, 0) is 6.42 Å². The summed E-state index contributed by atoms with van der Waals surface area (Å²) in [6, 6.07) is 6.06. The minimum Gasteiger partial charge on any atom is -0.294 e. The van der Waals surface area contributed by atoms with E-state index in [9.17, 15) is 4.79 Å². The van der Waals surface area contributed by atoms with Gasteiger partial charge in [0, 0.05) is 28.6 Å². The molecule has 116 valence electrons. The number of ketones is 1. The van der Waals surface area contributed by atoms with Crippen LogP contribution < -0.4 is 0 Å². The Morgan fingerprint density at radius 3 is 2.70 bits per heavy atom. The van der Waals surface area contributed by atoms with E-state index in [-0.39, 0.29) is 11.7 Å². The van der Waals surface area contributed by atoms with Crippen LogP contribution in [0.3, 0.4) is 0 Å². The number of fused-ring (bicyclic) bond motifs is 1. The number of thiophene rings is 1. The van der Waals surface area contributed by atoms with Crippen molar-refractivity contribution in [1.29, 1.82) is 0 Å². The first-order valence-corrected chi connectivity index (χ1v) is 8.46. The van der Waals surface area contributed by atoms with Crippen LogP contribution >= 0.6 is 11.3 Å². The van der Waals surface area contributed by atoms with Crippen LogP contribution in [0.2, 0.25) is 0 Å². The molecular formula is C17H16N4OS. The SMILES string of the molecule is Cc1cc(C)nc(-n2ncc3c2C[C@@H](c2cccs2)CC3=O)n1. The zero-order chi connectivity index (χ0) is 16.0. The number of carbonyl (C=O) groups is 1. The predicted octanol–water partition coefficient (Wildman–Crippen LogP) is 3.25. The largest absolute Gasteiger partial charge is 0.294 e. The number of hydrogen-bond donors (Lipinski definition) is 0. The topological polar surface area (TPSA) is 60.7 Å². The zero-order valence-corrected chi connectivity index (χ0v) is 13.8. The molecule has 4 rings (SSSR count). The number of carbonyl (C=O) groups excluding carboxylic acids is 1. The monoisotopic (exact) mass is 324 g/mol. The van der Waals surface area contributed by atoms with Crippen molar-refractivity contribution < 1.29 is 4.79 Å². The molecule has 0 aromatic carbocycles. The maximum Gasteiger partial charge on any atom is 0.251 e. The van der Waals surface area contributed by atoms with Crippen molar-refractivity contribution in [2.24, 2.45) is 0 Å². The average molecular weight is 324 g/mol. The number of hydrogen-bond acceptors (Lipinski definition) is 5. The zero-order valence-electron chi connectivity index (χ0n) is 13.0. The molecule has 3 heterocycles. The Labute approximate surface area is 138 Å². The highest BCUT2D eigenvalue weighted by Gasteiger charge is 2.31. The van der Waals surface area contributed by atoms with E-state index in [4.69, 9.17) is 0 Å². The Balaban J connectivity index is 1.79. The summed E-state index contributed by atoms with van der Waals surface area (Å²) in [5.74, 6) is 0.917. The average Bonchev–Trinajstić information content (AvgIpc) is 3.15. The van der Waals surface area contributed by atoms with Gasteiger partial charge in [0.05, 0.1) is 17.5 Å². The van der Waals surface area contributed by atoms with E-state index < -0.39 is 0 Å². The molecule has 0 N–H and O–H groups in total. The minimum absolute atomic E-state index is 0.153. The lowest BCUT2D eigenvalue weighted by molar-refractivity contribution is 0.0964. The van der Waals surface area contributed by atoms with Crippen LogP contribution in [0.1, 0.15) is 44.7 Å². The molecule has 6 heteroatoms. The molecular weight excluding hydrogens is 308 g/mol. The molecule has 0 saturated heterocycles. The Kier molecular flexibility index (Phi) is 3.34. The van der Waals surface area contributed by atoms with Gasteiger partial charge >= 0.3 is 0 Å². The molecule has 3 aromatic heterocycles. The summed E-state index contributed by atoms with van der Waals surface area (Å²) in [6.07, 6.45) is 2.99. The lowest BCUT2D eigenvalue weighted by Crippen LogP contribution is -2.20. The van der Waals surface area contributed by atoms with Gasteiger partial charge in [-0.25, -0.2) is 14.6 Å². The molecule has 0 saturated carbocycles. The van der Waals surface area contributed by atoms with Crippen molar-refractivity contribution in [1.82, 2.24) is 19.7 Å². The van der Waals surface area contributed by atoms with Gasteiger partial charge in [-0.15, -0.1) is 11.3 Å². The fourth-order valence-corrected chi connectivity index (χ4v) is 3.97. The number of aryl methyl sites for hydroxylation is 2. The first kappa shape index (κ1) is 14.3. The van der Waals surface area contributed by atoms with Crippen molar-refractivity contribution in [2.75, 3.05) is 0 Å². The highest BCUT2D eigenvalue weighted by molar-refractivity contribution is 7.10. The second kappa shape index (κ2) is 5.38. The third-order valence-corrected chi connectivity index (χ3v) is 5.18. The normalized spacial score (nSPS) is 17.3. The molecule has 0 unspecified atom stereocenters. The van der Waals surface area contributed by atoms with E-state index in [1.54, 1.807) is 22.2 Å². The van der Waals surface area contributed by atoms with Gasteiger partial charge in [-0.05, 0) is 37.8 Å². The van der Waals surface area contributed by atoms with Gasteiger partial charge < -0.3 is 0 Å². The fourth-order valence-electron chi connectivity index (χ4n) is 3.14. The van der Waals surface area contributed by atoms with Gasteiger partial charge in [0.1, 0.15) is 0 Å². The maximum absolute atomic E-state index is 12.5. The summed E-state index contributed by atoms with van der Waals surface area (Å²) in [5.41, 5.74) is 3.42. The first-order valence-electron chi connectivity index (χ1n) is 7.58. The molecule has 1 aliphatic carbocycles. The van der Waals surface area contributed by atoms with Gasteiger partial charge in [-0.1, -0.05) is 6.07 Å². The van der Waals surface area contributed by atoms with Crippen molar-refractivity contribution in [3.8, 4) is 5.95 Å². The summed E-state index contributed by atoms with van der Waals surface area (Å²) in [5, 5.41) is 6.45. The molecule has 0 bridgehead atoms. The molecule has 0 radical (unpaired) electrons. The molecule has 0 amide bonds. The van der Waals surface area contributed by atoms with Gasteiger partial charge in [0.25, 0.3) is 5.95 Å². The lowest BCUT2D eigenvalue weighted by Gasteiger charge is -2.21. The van der Waals surface area contributed by atoms with Crippen molar-refractivity contribution in [2.45, 2.75) is 32.6 Å². The smallest absolute Gasteiger partial charge is 0.251 e. The second-order valence-electron chi connectivity index (χ2n) is 5.91. The number of rotatable bonds is 2. The standard InChI is InChI=1S/C17H16N4OS/c1-10-6-11(2)20-17(19-10)21-14-7-12(16-4-3-5-23-16)8-15(22)13(14)9-18-21/h3-6,9,12H,7-8H2,1-2H3/t12-/m1/s1. The van der Waals surface area contributed by atoms with Crippen LogP contribution in [0.15, 0.2) is 29.8 Å². The summed E-state index contributed by atoms with van der Waals surface area (Å²) >= 11 is 1.70. The van der Waals surface area contributed by atoms with Crippen molar-refractivity contribution in [3.05, 3.63) is 57.3 Å². The quantitative estimate of drug-likeness (QED) is 0.726.